The van der Waals surface area contributed by atoms with Crippen LogP contribution >= 0.6 is 0 Å². The molecule has 1 aliphatic heterocycles. The molecule has 35 heavy (non-hydrogen) atoms. The molecular weight excluding hydrogens is 443 g/mol. The van der Waals surface area contributed by atoms with Gasteiger partial charge in [-0.3, -0.25) is 9.89 Å². The number of benzene rings is 1. The van der Waals surface area contributed by atoms with Crippen molar-refractivity contribution in [3.8, 4) is 0 Å². The van der Waals surface area contributed by atoms with E-state index in [0.717, 1.165) is 92.4 Å². The SMILES string of the molecule is Cc1cc(Nc2cc(CC3CCN(C(=O)C4(c5cccc(F)c5)CC4)CC3)nc(C3CC3)n2)n[nH]1. The number of likely N-dealkylation sites (tertiary alicyclic amines) is 1. The second kappa shape index (κ2) is 8.73. The monoisotopic (exact) mass is 474 g/mol. The zero-order valence-corrected chi connectivity index (χ0v) is 20.1. The number of amides is 1. The van der Waals surface area contributed by atoms with E-state index in [-0.39, 0.29) is 11.7 Å². The van der Waals surface area contributed by atoms with Crippen LogP contribution in [0.4, 0.5) is 16.0 Å². The van der Waals surface area contributed by atoms with Gasteiger partial charge in [0.1, 0.15) is 17.5 Å². The van der Waals surface area contributed by atoms with Gasteiger partial charge in [0.05, 0.1) is 5.41 Å². The van der Waals surface area contributed by atoms with E-state index in [9.17, 15) is 9.18 Å². The van der Waals surface area contributed by atoms with E-state index in [0.29, 0.717) is 11.8 Å². The maximum Gasteiger partial charge on any atom is 0.233 e. The molecule has 6 rings (SSSR count). The molecule has 0 bridgehead atoms. The molecule has 7 nitrogen and oxygen atoms in total. The van der Waals surface area contributed by atoms with Gasteiger partial charge in [-0.1, -0.05) is 12.1 Å². The second-order valence-corrected chi connectivity index (χ2v) is 10.5. The first kappa shape index (κ1) is 22.2. The van der Waals surface area contributed by atoms with E-state index >= 15 is 0 Å². The van der Waals surface area contributed by atoms with Crippen LogP contribution in [0.2, 0.25) is 0 Å². The molecule has 2 aromatic heterocycles. The molecule has 0 unspecified atom stereocenters. The summed E-state index contributed by atoms with van der Waals surface area (Å²) in [6.45, 7) is 3.47. The molecule has 0 radical (unpaired) electrons. The summed E-state index contributed by atoms with van der Waals surface area (Å²) in [5.41, 5.74) is 2.37. The van der Waals surface area contributed by atoms with Crippen molar-refractivity contribution in [2.75, 3.05) is 18.4 Å². The maximum absolute atomic E-state index is 13.8. The van der Waals surface area contributed by atoms with Crippen molar-refractivity contribution in [3.05, 3.63) is 65.0 Å². The standard InChI is InChI=1S/C27H31FN6O/c1-17-13-24(33-32-17)30-23-16-22(29-25(31-23)19-5-6-19)14-18-7-11-34(12-8-18)26(35)27(9-10-27)20-3-2-4-21(28)15-20/h2-4,13,15-16,18-19H,5-12,14H2,1H3,(H2,29,30,31,32,33). The van der Waals surface area contributed by atoms with Gasteiger partial charge in [0.15, 0.2) is 5.82 Å². The van der Waals surface area contributed by atoms with Crippen molar-refractivity contribution in [1.82, 2.24) is 25.1 Å². The average Bonchev–Trinajstić information content (AvgIpc) is 3.78. The Morgan fingerprint density at radius 2 is 1.91 bits per heavy atom. The lowest BCUT2D eigenvalue weighted by Crippen LogP contribution is -2.44. The van der Waals surface area contributed by atoms with Crippen LogP contribution in [-0.2, 0) is 16.6 Å². The number of carbonyl (C=O) groups is 1. The lowest BCUT2D eigenvalue weighted by molar-refractivity contribution is -0.135. The Morgan fingerprint density at radius 1 is 1.11 bits per heavy atom. The summed E-state index contributed by atoms with van der Waals surface area (Å²) < 4.78 is 13.8. The van der Waals surface area contributed by atoms with Gasteiger partial charge in [0.2, 0.25) is 5.91 Å². The third-order valence-corrected chi connectivity index (χ3v) is 7.64. The number of rotatable bonds is 7. The number of H-pyrrole nitrogens is 1. The summed E-state index contributed by atoms with van der Waals surface area (Å²) in [6.07, 6.45) is 6.71. The van der Waals surface area contributed by atoms with E-state index in [1.807, 2.05) is 30.0 Å². The van der Waals surface area contributed by atoms with Gasteiger partial charge in [-0.05, 0) is 75.5 Å². The summed E-state index contributed by atoms with van der Waals surface area (Å²) in [5, 5.41) is 10.5. The van der Waals surface area contributed by atoms with Gasteiger partial charge in [-0.2, -0.15) is 5.10 Å². The van der Waals surface area contributed by atoms with Gasteiger partial charge >= 0.3 is 0 Å². The van der Waals surface area contributed by atoms with E-state index < -0.39 is 5.41 Å². The lowest BCUT2D eigenvalue weighted by atomic mass is 9.89. The molecule has 1 saturated heterocycles. The maximum atomic E-state index is 13.8. The molecule has 0 spiro atoms. The highest BCUT2D eigenvalue weighted by Crippen LogP contribution is 2.50. The first-order valence-electron chi connectivity index (χ1n) is 12.7. The quantitative estimate of drug-likeness (QED) is 0.515. The zero-order chi connectivity index (χ0) is 24.0. The van der Waals surface area contributed by atoms with Crippen LogP contribution < -0.4 is 5.32 Å². The molecule has 8 heteroatoms. The van der Waals surface area contributed by atoms with Crippen LogP contribution in [0.25, 0.3) is 0 Å². The Balaban J connectivity index is 1.11. The van der Waals surface area contributed by atoms with Gasteiger partial charge in [-0.25, -0.2) is 14.4 Å². The molecule has 2 aliphatic carbocycles. The number of hydrogen-bond donors (Lipinski definition) is 2. The zero-order valence-electron chi connectivity index (χ0n) is 20.1. The molecule has 1 amide bonds. The number of anilines is 2. The molecule has 2 saturated carbocycles. The highest BCUT2D eigenvalue weighted by Gasteiger charge is 2.53. The number of halogens is 1. The van der Waals surface area contributed by atoms with Crippen molar-refractivity contribution >= 4 is 17.5 Å². The summed E-state index contributed by atoms with van der Waals surface area (Å²) in [4.78, 5) is 25.0. The summed E-state index contributed by atoms with van der Waals surface area (Å²) in [7, 11) is 0. The number of aryl methyl sites for hydroxylation is 1. The Bertz CT molecular complexity index is 1240. The van der Waals surface area contributed by atoms with Crippen LogP contribution in [0.3, 0.4) is 0 Å². The Morgan fingerprint density at radius 3 is 2.57 bits per heavy atom. The van der Waals surface area contributed by atoms with Gasteiger partial charge in [-0.15, -0.1) is 0 Å². The summed E-state index contributed by atoms with van der Waals surface area (Å²) in [5.74, 6) is 3.32. The van der Waals surface area contributed by atoms with Crippen molar-refractivity contribution in [3.63, 3.8) is 0 Å². The number of nitrogens with one attached hydrogen (secondary N) is 2. The fourth-order valence-corrected chi connectivity index (χ4v) is 5.30. The van der Waals surface area contributed by atoms with Gasteiger partial charge in [0, 0.05) is 42.5 Å². The predicted molar refractivity (Wildman–Crippen MR) is 131 cm³/mol. The molecule has 3 aromatic rings. The molecule has 3 fully saturated rings. The third kappa shape index (κ3) is 4.66. The van der Waals surface area contributed by atoms with Crippen LogP contribution in [0.1, 0.15) is 67.2 Å². The minimum absolute atomic E-state index is 0.167. The fraction of sp³-hybridized carbons (Fsp3) is 0.481. The van der Waals surface area contributed by atoms with Crippen LogP contribution in [-0.4, -0.2) is 44.1 Å². The molecule has 0 atom stereocenters. The number of hydrogen-bond acceptors (Lipinski definition) is 5. The van der Waals surface area contributed by atoms with E-state index in [1.54, 1.807) is 6.07 Å². The molecule has 3 aliphatic rings. The smallest absolute Gasteiger partial charge is 0.233 e. The highest BCUT2D eigenvalue weighted by atomic mass is 19.1. The van der Waals surface area contributed by atoms with Gasteiger partial charge < -0.3 is 10.2 Å². The molecule has 3 heterocycles. The van der Waals surface area contributed by atoms with Crippen molar-refractivity contribution < 1.29 is 9.18 Å². The number of aromatic amines is 1. The predicted octanol–water partition coefficient (Wildman–Crippen LogP) is 4.78. The largest absolute Gasteiger partial charge is 0.342 e. The summed E-state index contributed by atoms with van der Waals surface area (Å²) >= 11 is 0. The Hall–Kier alpha value is -3.29. The third-order valence-electron chi connectivity index (χ3n) is 7.64. The van der Waals surface area contributed by atoms with E-state index in [4.69, 9.17) is 9.97 Å². The lowest BCUT2D eigenvalue weighted by Gasteiger charge is -2.34. The fourth-order valence-electron chi connectivity index (χ4n) is 5.30. The first-order chi connectivity index (χ1) is 17.0. The molecule has 1 aromatic carbocycles. The Labute approximate surface area is 204 Å². The molecule has 182 valence electrons. The molecular formula is C27H31FN6O. The van der Waals surface area contributed by atoms with E-state index in [1.165, 1.54) is 12.1 Å². The minimum atomic E-state index is -0.508. The van der Waals surface area contributed by atoms with Crippen molar-refractivity contribution in [2.24, 2.45) is 5.92 Å². The Kier molecular flexibility index (Phi) is 5.54. The van der Waals surface area contributed by atoms with Crippen LogP contribution in [0, 0.1) is 18.7 Å². The van der Waals surface area contributed by atoms with Crippen LogP contribution in [0.15, 0.2) is 36.4 Å². The number of aromatic nitrogens is 4. The van der Waals surface area contributed by atoms with E-state index in [2.05, 4.69) is 15.5 Å². The first-order valence-corrected chi connectivity index (χ1v) is 12.7. The normalized spacial score (nSPS) is 19.5. The molecule has 2 N–H and O–H groups in total. The minimum Gasteiger partial charge on any atom is -0.342 e. The average molecular weight is 475 g/mol. The number of nitrogens with zero attached hydrogens (tertiary/aromatic N) is 4. The van der Waals surface area contributed by atoms with Crippen molar-refractivity contribution in [2.45, 2.75) is 63.2 Å². The van der Waals surface area contributed by atoms with Crippen LogP contribution in [0.5, 0.6) is 0 Å². The highest BCUT2D eigenvalue weighted by molar-refractivity contribution is 5.91. The number of carbonyl (C=O) groups excluding carboxylic acids is 1. The van der Waals surface area contributed by atoms with Crippen molar-refractivity contribution in [1.29, 1.82) is 0 Å². The number of piperidine rings is 1. The summed E-state index contributed by atoms with van der Waals surface area (Å²) in [6, 6.07) is 10.6. The van der Waals surface area contributed by atoms with Gasteiger partial charge in [0.25, 0.3) is 0 Å². The second-order valence-electron chi connectivity index (χ2n) is 10.5. The topological polar surface area (TPSA) is 86.8 Å².